The molecule has 0 amide bonds. The van der Waals surface area contributed by atoms with Gasteiger partial charge in [0.15, 0.2) is 5.82 Å². The van der Waals surface area contributed by atoms with Crippen LogP contribution in [0.3, 0.4) is 0 Å². The summed E-state index contributed by atoms with van der Waals surface area (Å²) in [4.78, 5) is 15.0. The van der Waals surface area contributed by atoms with Gasteiger partial charge in [0.1, 0.15) is 11.1 Å². The van der Waals surface area contributed by atoms with E-state index in [9.17, 15) is 4.79 Å². The fraction of sp³-hybridized carbons (Fsp3) is 0. The first-order chi connectivity index (χ1) is 5.88. The molecule has 0 atom stereocenters. The number of hydrogen-bond donors (Lipinski definition) is 0. The normalized spacial score (nSPS) is 10.0. The molecule has 5 heteroatoms. The van der Waals surface area contributed by atoms with Crippen molar-refractivity contribution in [2.75, 3.05) is 0 Å². The van der Waals surface area contributed by atoms with E-state index in [4.69, 9.17) is 0 Å². The SMILES string of the molecule is O=c1occcc1-c1ncsn1. The van der Waals surface area contributed by atoms with Crippen LogP contribution in [0.2, 0.25) is 0 Å². The summed E-state index contributed by atoms with van der Waals surface area (Å²) >= 11 is 1.20. The van der Waals surface area contributed by atoms with Crippen LogP contribution in [0.1, 0.15) is 0 Å². The zero-order chi connectivity index (χ0) is 8.39. The first-order valence-corrected chi connectivity index (χ1v) is 4.06. The third kappa shape index (κ3) is 1.14. The minimum absolute atomic E-state index is 0.402. The molecule has 0 unspecified atom stereocenters. The van der Waals surface area contributed by atoms with E-state index in [1.165, 1.54) is 17.8 Å². The molecule has 0 spiro atoms. The van der Waals surface area contributed by atoms with Crippen molar-refractivity contribution in [3.8, 4) is 11.4 Å². The fourth-order valence-electron chi connectivity index (χ4n) is 0.823. The summed E-state index contributed by atoms with van der Waals surface area (Å²) in [7, 11) is 0. The lowest BCUT2D eigenvalue weighted by molar-refractivity contribution is 0.512. The fourth-order valence-corrected chi connectivity index (χ4v) is 1.26. The number of nitrogens with zero attached hydrogens (tertiary/aromatic N) is 2. The molecule has 0 aliphatic heterocycles. The zero-order valence-electron chi connectivity index (χ0n) is 5.93. The van der Waals surface area contributed by atoms with Gasteiger partial charge < -0.3 is 4.42 Å². The predicted molar refractivity (Wildman–Crippen MR) is 43.9 cm³/mol. The van der Waals surface area contributed by atoms with E-state index in [1.54, 1.807) is 17.6 Å². The Balaban J connectivity index is 2.63. The standard InChI is InChI=1S/C7H4N2O2S/c10-7-5(2-1-3-11-7)6-8-4-12-9-6/h1-4H. The maximum absolute atomic E-state index is 11.1. The lowest BCUT2D eigenvalue weighted by Gasteiger charge is -1.89. The zero-order valence-corrected chi connectivity index (χ0v) is 6.75. The molecule has 0 saturated heterocycles. The average Bonchev–Trinajstić information content (AvgIpc) is 2.57. The van der Waals surface area contributed by atoms with E-state index in [-0.39, 0.29) is 0 Å². The second-order valence-electron chi connectivity index (χ2n) is 2.07. The number of aromatic nitrogens is 2. The molecule has 60 valence electrons. The molecule has 2 heterocycles. The average molecular weight is 180 g/mol. The summed E-state index contributed by atoms with van der Waals surface area (Å²) in [5.74, 6) is 0.425. The summed E-state index contributed by atoms with van der Waals surface area (Å²) in [6.45, 7) is 0. The van der Waals surface area contributed by atoms with Crippen molar-refractivity contribution in [2.45, 2.75) is 0 Å². The Labute approximate surface area is 71.7 Å². The van der Waals surface area contributed by atoms with E-state index >= 15 is 0 Å². The van der Waals surface area contributed by atoms with Crippen molar-refractivity contribution in [3.63, 3.8) is 0 Å². The molecule has 2 aromatic rings. The highest BCUT2D eigenvalue weighted by Gasteiger charge is 2.05. The number of rotatable bonds is 1. The Hall–Kier alpha value is -1.49. The van der Waals surface area contributed by atoms with Crippen LogP contribution in [0.25, 0.3) is 11.4 Å². The van der Waals surface area contributed by atoms with Crippen LogP contribution < -0.4 is 5.63 Å². The van der Waals surface area contributed by atoms with Gasteiger partial charge in [-0.15, -0.1) is 0 Å². The van der Waals surface area contributed by atoms with Crippen LogP contribution in [-0.4, -0.2) is 9.36 Å². The summed E-state index contributed by atoms with van der Waals surface area (Å²) < 4.78 is 8.57. The lowest BCUT2D eigenvalue weighted by atomic mass is 10.3. The molecule has 0 aliphatic rings. The maximum Gasteiger partial charge on any atom is 0.346 e. The molecule has 0 radical (unpaired) electrons. The topological polar surface area (TPSA) is 56.0 Å². The second-order valence-corrected chi connectivity index (χ2v) is 2.67. The van der Waals surface area contributed by atoms with Crippen LogP contribution in [0.4, 0.5) is 0 Å². The molecule has 2 aromatic heterocycles. The van der Waals surface area contributed by atoms with E-state index in [2.05, 4.69) is 13.8 Å². The predicted octanol–water partition coefficient (Wildman–Crippen LogP) is 1.16. The first kappa shape index (κ1) is 7.17. The highest BCUT2D eigenvalue weighted by Crippen LogP contribution is 2.09. The van der Waals surface area contributed by atoms with Gasteiger partial charge in [0.05, 0.1) is 6.26 Å². The molecule has 12 heavy (non-hydrogen) atoms. The smallest absolute Gasteiger partial charge is 0.346 e. The molecular formula is C7H4N2O2S. The highest BCUT2D eigenvalue weighted by atomic mass is 32.1. The van der Waals surface area contributed by atoms with Crippen LogP contribution in [0.5, 0.6) is 0 Å². The molecule has 0 aromatic carbocycles. The van der Waals surface area contributed by atoms with Gasteiger partial charge in [-0.2, -0.15) is 4.37 Å². The summed E-state index contributed by atoms with van der Waals surface area (Å²) in [6.07, 6.45) is 1.33. The largest absolute Gasteiger partial charge is 0.431 e. The van der Waals surface area contributed by atoms with E-state index in [0.717, 1.165) is 0 Å². The highest BCUT2D eigenvalue weighted by molar-refractivity contribution is 7.03. The third-order valence-electron chi connectivity index (χ3n) is 1.34. The molecule has 0 N–H and O–H groups in total. The van der Waals surface area contributed by atoms with Gasteiger partial charge in [-0.05, 0) is 23.7 Å². The van der Waals surface area contributed by atoms with Crippen molar-refractivity contribution < 1.29 is 4.42 Å². The van der Waals surface area contributed by atoms with Gasteiger partial charge >= 0.3 is 5.63 Å². The Morgan fingerprint density at radius 2 is 2.42 bits per heavy atom. The van der Waals surface area contributed by atoms with E-state index < -0.39 is 5.63 Å². The first-order valence-electron chi connectivity index (χ1n) is 3.22. The summed E-state index contributed by atoms with van der Waals surface area (Å²) in [5.41, 5.74) is 1.57. The Kier molecular flexibility index (Phi) is 1.71. The summed E-state index contributed by atoms with van der Waals surface area (Å²) in [5, 5.41) is 0. The lowest BCUT2D eigenvalue weighted by Crippen LogP contribution is -2.01. The minimum atomic E-state index is -0.407. The maximum atomic E-state index is 11.1. The van der Waals surface area contributed by atoms with Crippen molar-refractivity contribution in [1.29, 1.82) is 0 Å². The Bertz CT molecular complexity index is 421. The molecule has 4 nitrogen and oxygen atoms in total. The van der Waals surface area contributed by atoms with Gasteiger partial charge in [-0.1, -0.05) is 0 Å². The minimum Gasteiger partial charge on any atom is -0.431 e. The van der Waals surface area contributed by atoms with Crippen LogP contribution in [0, 0.1) is 0 Å². The third-order valence-corrected chi connectivity index (χ3v) is 1.82. The Morgan fingerprint density at radius 3 is 3.08 bits per heavy atom. The van der Waals surface area contributed by atoms with Crippen molar-refractivity contribution in [1.82, 2.24) is 9.36 Å². The molecule has 0 saturated carbocycles. The van der Waals surface area contributed by atoms with Gasteiger partial charge in [0.25, 0.3) is 0 Å². The van der Waals surface area contributed by atoms with E-state index in [1.807, 2.05) is 0 Å². The number of hydrogen-bond acceptors (Lipinski definition) is 5. The van der Waals surface area contributed by atoms with Gasteiger partial charge in [-0.3, -0.25) is 0 Å². The summed E-state index contributed by atoms with van der Waals surface area (Å²) in [6, 6.07) is 3.27. The van der Waals surface area contributed by atoms with Crippen molar-refractivity contribution in [3.05, 3.63) is 34.3 Å². The van der Waals surface area contributed by atoms with Gasteiger partial charge in [-0.25, -0.2) is 9.78 Å². The molecule has 0 aliphatic carbocycles. The Morgan fingerprint density at radius 1 is 1.50 bits per heavy atom. The molecule has 2 rings (SSSR count). The second kappa shape index (κ2) is 2.86. The van der Waals surface area contributed by atoms with Crippen LogP contribution in [-0.2, 0) is 0 Å². The molecule has 0 fully saturated rings. The van der Waals surface area contributed by atoms with E-state index in [0.29, 0.717) is 11.4 Å². The van der Waals surface area contributed by atoms with Gasteiger partial charge in [0.2, 0.25) is 0 Å². The van der Waals surface area contributed by atoms with Crippen molar-refractivity contribution >= 4 is 11.5 Å². The van der Waals surface area contributed by atoms with Crippen LogP contribution in [0.15, 0.2) is 33.1 Å². The van der Waals surface area contributed by atoms with Crippen molar-refractivity contribution in [2.24, 2.45) is 0 Å². The van der Waals surface area contributed by atoms with Gasteiger partial charge in [0, 0.05) is 0 Å². The van der Waals surface area contributed by atoms with Crippen LogP contribution >= 0.6 is 11.5 Å². The molecule has 0 bridgehead atoms. The molecular weight excluding hydrogens is 176 g/mol. The monoisotopic (exact) mass is 180 g/mol. The quantitative estimate of drug-likeness (QED) is 0.660.